The number of aliphatic hydroxyl groups excluding tert-OH is 4. The summed E-state index contributed by atoms with van der Waals surface area (Å²) in [6.45, 7) is 3.86. The fourth-order valence-electron chi connectivity index (χ4n) is 6.26. The maximum absolute atomic E-state index is 12.6. The average molecular weight is 669 g/mol. The smallest absolute Gasteiger partial charge is 0.305 e. The van der Waals surface area contributed by atoms with Crippen LogP contribution in [0.1, 0.15) is 162 Å². The van der Waals surface area contributed by atoms with Gasteiger partial charge >= 0.3 is 11.9 Å². The second-order valence-electron chi connectivity index (χ2n) is 13.7. The topological polar surface area (TPSA) is 151 Å². The van der Waals surface area contributed by atoms with Gasteiger partial charge in [-0.25, -0.2) is 0 Å². The van der Waals surface area contributed by atoms with Gasteiger partial charge in [-0.2, -0.15) is 0 Å². The molecule has 1 saturated carbocycles. The van der Waals surface area contributed by atoms with Crippen molar-refractivity contribution < 1.29 is 44.3 Å². The van der Waals surface area contributed by atoms with Crippen molar-refractivity contribution in [3.05, 3.63) is 12.2 Å². The van der Waals surface area contributed by atoms with E-state index in [9.17, 15) is 34.8 Å². The number of rotatable bonds is 30. The van der Waals surface area contributed by atoms with E-state index in [0.29, 0.717) is 25.7 Å². The summed E-state index contributed by atoms with van der Waals surface area (Å²) < 4.78 is 10.2. The minimum atomic E-state index is -1.08. The first-order valence-electron chi connectivity index (χ1n) is 18.9. The summed E-state index contributed by atoms with van der Waals surface area (Å²) in [7, 11) is 0. The van der Waals surface area contributed by atoms with E-state index in [-0.39, 0.29) is 56.6 Å². The van der Waals surface area contributed by atoms with Crippen LogP contribution >= 0.6 is 0 Å². The number of hydrogen-bond donors (Lipinski definition) is 4. The SMILES string of the molecule is CCCCCCCCCCCCCCC(=O)OC[C@@H](O)COC(=O)CCCCC(=O)C[C@@H]1[C@@H](/C=C/[C@@H](O)CCCCC)[C@H](O)C[C@@H]1O. The van der Waals surface area contributed by atoms with Gasteiger partial charge < -0.3 is 29.9 Å². The predicted octanol–water partition coefficient (Wildman–Crippen LogP) is 6.90. The summed E-state index contributed by atoms with van der Waals surface area (Å²) >= 11 is 0. The highest BCUT2D eigenvalue weighted by atomic mass is 16.6. The highest BCUT2D eigenvalue weighted by Crippen LogP contribution is 2.36. The molecule has 0 spiro atoms. The Balaban J connectivity index is 2.10. The van der Waals surface area contributed by atoms with Gasteiger partial charge in [-0.05, 0) is 25.7 Å². The molecule has 6 atom stereocenters. The number of ether oxygens (including phenoxy) is 2. The van der Waals surface area contributed by atoms with E-state index in [1.54, 1.807) is 12.2 Å². The Bertz CT molecular complexity index is 845. The molecule has 0 aromatic carbocycles. The zero-order valence-electron chi connectivity index (χ0n) is 29.6. The largest absolute Gasteiger partial charge is 0.463 e. The summed E-state index contributed by atoms with van der Waals surface area (Å²) in [6.07, 6.45) is 20.4. The van der Waals surface area contributed by atoms with Crippen molar-refractivity contribution in [2.75, 3.05) is 13.2 Å². The van der Waals surface area contributed by atoms with Gasteiger partial charge in [0.15, 0.2) is 0 Å². The molecule has 0 aliphatic heterocycles. The molecule has 47 heavy (non-hydrogen) atoms. The normalized spacial score (nSPS) is 20.8. The molecular formula is C38H68O9. The quantitative estimate of drug-likeness (QED) is 0.0364. The van der Waals surface area contributed by atoms with Crippen molar-refractivity contribution in [1.29, 1.82) is 0 Å². The lowest BCUT2D eigenvalue weighted by atomic mass is 9.87. The molecule has 9 nitrogen and oxygen atoms in total. The first-order valence-corrected chi connectivity index (χ1v) is 18.9. The Kier molecular flexibility index (Phi) is 25.8. The molecule has 1 aliphatic rings. The highest BCUT2D eigenvalue weighted by Gasteiger charge is 2.41. The average Bonchev–Trinajstić information content (AvgIpc) is 3.31. The molecule has 0 bridgehead atoms. The van der Waals surface area contributed by atoms with Crippen molar-refractivity contribution in [3.8, 4) is 0 Å². The van der Waals surface area contributed by atoms with Gasteiger partial charge in [0.2, 0.25) is 0 Å². The molecule has 0 amide bonds. The van der Waals surface area contributed by atoms with Crippen LogP contribution in [0.3, 0.4) is 0 Å². The number of Topliss-reactive ketones (excluding diaryl/α,β-unsaturated/α-hetero) is 1. The van der Waals surface area contributed by atoms with Crippen LogP contribution in [0.25, 0.3) is 0 Å². The maximum atomic E-state index is 12.6. The fourth-order valence-corrected chi connectivity index (χ4v) is 6.26. The second-order valence-corrected chi connectivity index (χ2v) is 13.7. The fraction of sp³-hybridized carbons (Fsp3) is 0.868. The molecular weight excluding hydrogens is 600 g/mol. The first-order chi connectivity index (χ1) is 22.7. The molecule has 0 heterocycles. The van der Waals surface area contributed by atoms with Gasteiger partial charge in [-0.3, -0.25) is 14.4 Å². The lowest BCUT2D eigenvalue weighted by molar-refractivity contribution is -0.152. The summed E-state index contributed by atoms with van der Waals surface area (Å²) in [5, 5.41) is 41.0. The number of unbranched alkanes of at least 4 members (excludes halogenated alkanes) is 14. The Labute approximate surface area is 284 Å². The third kappa shape index (κ3) is 22.5. The van der Waals surface area contributed by atoms with Crippen LogP contribution in [0.15, 0.2) is 12.2 Å². The maximum Gasteiger partial charge on any atom is 0.305 e. The molecule has 1 aliphatic carbocycles. The molecule has 9 heteroatoms. The van der Waals surface area contributed by atoms with E-state index in [2.05, 4.69) is 13.8 Å². The molecule has 1 fully saturated rings. The first kappa shape index (κ1) is 43.2. The van der Waals surface area contributed by atoms with Crippen LogP contribution in [-0.2, 0) is 23.9 Å². The molecule has 1 rings (SSSR count). The molecule has 0 aromatic rings. The number of carbonyl (C=O) groups excluding carboxylic acids is 3. The van der Waals surface area contributed by atoms with Crippen LogP contribution in [-0.4, -0.2) is 75.8 Å². The number of hydrogen-bond acceptors (Lipinski definition) is 9. The zero-order chi connectivity index (χ0) is 34.7. The monoisotopic (exact) mass is 668 g/mol. The summed E-state index contributed by atoms with van der Waals surface area (Å²) in [4.78, 5) is 36.6. The van der Waals surface area contributed by atoms with E-state index < -0.39 is 36.3 Å². The molecule has 0 aromatic heterocycles. The van der Waals surface area contributed by atoms with E-state index in [0.717, 1.165) is 38.5 Å². The van der Waals surface area contributed by atoms with Gasteiger partial charge in [0.25, 0.3) is 0 Å². The predicted molar refractivity (Wildman–Crippen MR) is 185 cm³/mol. The van der Waals surface area contributed by atoms with Gasteiger partial charge in [0.1, 0.15) is 25.1 Å². The van der Waals surface area contributed by atoms with Crippen molar-refractivity contribution in [3.63, 3.8) is 0 Å². The Morgan fingerprint density at radius 2 is 1.13 bits per heavy atom. The van der Waals surface area contributed by atoms with Crippen LogP contribution in [0, 0.1) is 11.8 Å². The highest BCUT2D eigenvalue weighted by molar-refractivity contribution is 5.79. The minimum Gasteiger partial charge on any atom is -0.463 e. The zero-order valence-corrected chi connectivity index (χ0v) is 29.6. The Hall–Kier alpha value is -1.81. The summed E-state index contributed by atoms with van der Waals surface area (Å²) in [6, 6.07) is 0. The summed E-state index contributed by atoms with van der Waals surface area (Å²) in [5.41, 5.74) is 0. The molecule has 0 radical (unpaired) electrons. The van der Waals surface area contributed by atoms with Crippen molar-refractivity contribution in [2.24, 2.45) is 11.8 Å². The van der Waals surface area contributed by atoms with E-state index >= 15 is 0 Å². The minimum absolute atomic E-state index is 0.0425. The standard InChI is InChI=1S/C38H68O9/c1-3-5-7-8-9-10-11-12-13-14-15-17-22-37(44)46-28-32(41)29-47-38(45)23-19-18-21-31(40)26-34-33(35(42)27-36(34)43)25-24-30(39)20-16-6-4-2/h24-25,30,32-36,39,41-43H,3-23,26-29H2,1-2H3/b25-24+/t30-,32+,33+,34+,35+,36-/m0/s1. The van der Waals surface area contributed by atoms with E-state index in [1.165, 1.54) is 57.8 Å². The number of esters is 2. The lowest BCUT2D eigenvalue weighted by Crippen LogP contribution is -2.25. The van der Waals surface area contributed by atoms with Crippen molar-refractivity contribution in [2.45, 2.75) is 186 Å². The third-order valence-corrected chi connectivity index (χ3v) is 9.23. The van der Waals surface area contributed by atoms with E-state index in [1.807, 2.05) is 0 Å². The molecule has 0 saturated heterocycles. The van der Waals surface area contributed by atoms with Gasteiger partial charge in [0.05, 0.1) is 18.3 Å². The summed E-state index contributed by atoms with van der Waals surface area (Å²) in [5.74, 6) is -1.67. The van der Waals surface area contributed by atoms with Gasteiger partial charge in [-0.15, -0.1) is 0 Å². The Morgan fingerprint density at radius 1 is 0.660 bits per heavy atom. The lowest BCUT2D eigenvalue weighted by Gasteiger charge is -2.20. The Morgan fingerprint density at radius 3 is 1.68 bits per heavy atom. The van der Waals surface area contributed by atoms with Crippen molar-refractivity contribution >= 4 is 17.7 Å². The molecule has 0 unspecified atom stereocenters. The number of carbonyl (C=O) groups is 3. The molecule has 274 valence electrons. The van der Waals surface area contributed by atoms with E-state index in [4.69, 9.17) is 9.47 Å². The molecule has 4 N–H and O–H groups in total. The van der Waals surface area contributed by atoms with Crippen LogP contribution in [0.2, 0.25) is 0 Å². The third-order valence-electron chi connectivity index (χ3n) is 9.23. The number of ketones is 1. The van der Waals surface area contributed by atoms with Crippen LogP contribution in [0.4, 0.5) is 0 Å². The van der Waals surface area contributed by atoms with Gasteiger partial charge in [-0.1, -0.05) is 116 Å². The van der Waals surface area contributed by atoms with Crippen LogP contribution < -0.4 is 0 Å². The second kappa shape index (κ2) is 28.1. The van der Waals surface area contributed by atoms with Gasteiger partial charge in [0, 0.05) is 43.9 Å². The van der Waals surface area contributed by atoms with Crippen LogP contribution in [0.5, 0.6) is 0 Å². The number of aliphatic hydroxyl groups is 4. The van der Waals surface area contributed by atoms with Crippen molar-refractivity contribution in [1.82, 2.24) is 0 Å².